The summed E-state index contributed by atoms with van der Waals surface area (Å²) >= 11 is 5.98. The van der Waals surface area contributed by atoms with Crippen LogP contribution in [0.1, 0.15) is 12.8 Å². The first-order chi connectivity index (χ1) is 6.83. The average molecular weight is 214 g/mol. The second-order valence-corrected chi connectivity index (χ2v) is 3.77. The Morgan fingerprint density at radius 1 is 1.64 bits per heavy atom. The van der Waals surface area contributed by atoms with Crippen LogP contribution in [0.3, 0.4) is 0 Å². The Morgan fingerprint density at radius 3 is 3.21 bits per heavy atom. The van der Waals surface area contributed by atoms with Crippen molar-refractivity contribution in [3.8, 4) is 0 Å². The van der Waals surface area contributed by atoms with E-state index in [4.69, 9.17) is 16.7 Å². The monoisotopic (exact) mass is 213 g/mol. The summed E-state index contributed by atoms with van der Waals surface area (Å²) in [6, 6.07) is 0.155. The molecule has 0 spiro atoms. The highest BCUT2D eigenvalue weighted by molar-refractivity contribution is 6.32. The first-order valence-electron chi connectivity index (χ1n) is 4.66. The van der Waals surface area contributed by atoms with Crippen molar-refractivity contribution in [2.45, 2.75) is 18.9 Å². The summed E-state index contributed by atoms with van der Waals surface area (Å²) in [4.78, 5) is 10.0. The predicted molar refractivity (Wildman–Crippen MR) is 54.5 cm³/mol. The second kappa shape index (κ2) is 4.11. The largest absolute Gasteiger partial charge is 0.394 e. The van der Waals surface area contributed by atoms with Crippen molar-refractivity contribution in [2.75, 3.05) is 18.1 Å². The summed E-state index contributed by atoms with van der Waals surface area (Å²) in [7, 11) is 0. The van der Waals surface area contributed by atoms with Gasteiger partial charge in [0, 0.05) is 6.54 Å². The minimum absolute atomic E-state index is 0.153. The lowest BCUT2D eigenvalue weighted by Crippen LogP contribution is -2.32. The number of halogens is 1. The number of nitrogens with zero attached hydrogens (tertiary/aromatic N) is 3. The van der Waals surface area contributed by atoms with E-state index in [-0.39, 0.29) is 12.6 Å². The van der Waals surface area contributed by atoms with Crippen LogP contribution < -0.4 is 4.90 Å². The topological polar surface area (TPSA) is 49.2 Å². The Kier molecular flexibility index (Phi) is 2.84. The molecule has 0 saturated carbocycles. The van der Waals surface area contributed by atoms with E-state index in [0.29, 0.717) is 5.02 Å². The Morgan fingerprint density at radius 2 is 2.50 bits per heavy atom. The fraction of sp³-hybridized carbons (Fsp3) is 0.556. The van der Waals surface area contributed by atoms with Gasteiger partial charge in [0.15, 0.2) is 5.82 Å². The van der Waals surface area contributed by atoms with E-state index in [2.05, 4.69) is 9.97 Å². The fourth-order valence-electron chi connectivity index (χ4n) is 1.82. The molecule has 76 valence electrons. The number of aliphatic hydroxyl groups is 1. The summed E-state index contributed by atoms with van der Waals surface area (Å²) in [6.45, 7) is 1.06. The normalized spacial score (nSPS) is 21.6. The molecule has 1 aromatic rings. The standard InChI is InChI=1S/C9H12ClN3O/c10-8-4-11-6-12-9(8)13-3-1-2-7(13)5-14/h4,6-7,14H,1-3,5H2. The highest BCUT2D eigenvalue weighted by atomic mass is 35.5. The number of aliphatic hydroxyl groups excluding tert-OH is 1. The zero-order valence-electron chi connectivity index (χ0n) is 7.73. The Labute approximate surface area is 87.5 Å². The van der Waals surface area contributed by atoms with E-state index in [1.54, 1.807) is 6.20 Å². The molecule has 2 heterocycles. The van der Waals surface area contributed by atoms with Crippen LogP contribution in [-0.2, 0) is 0 Å². The van der Waals surface area contributed by atoms with E-state index in [1.807, 2.05) is 4.90 Å². The van der Waals surface area contributed by atoms with E-state index in [1.165, 1.54) is 6.33 Å². The molecule has 1 atom stereocenters. The van der Waals surface area contributed by atoms with Crippen LogP contribution in [0.2, 0.25) is 5.02 Å². The van der Waals surface area contributed by atoms with Gasteiger partial charge >= 0.3 is 0 Å². The second-order valence-electron chi connectivity index (χ2n) is 3.37. The Bertz CT molecular complexity index is 321. The van der Waals surface area contributed by atoms with Gasteiger partial charge in [-0.15, -0.1) is 0 Å². The van der Waals surface area contributed by atoms with Gasteiger partial charge in [0.25, 0.3) is 0 Å². The number of anilines is 1. The van der Waals surface area contributed by atoms with Gasteiger partial charge < -0.3 is 10.0 Å². The third-order valence-corrected chi connectivity index (χ3v) is 2.77. The molecule has 0 aliphatic carbocycles. The average Bonchev–Trinajstić information content (AvgIpc) is 2.66. The van der Waals surface area contributed by atoms with Gasteiger partial charge in [0.2, 0.25) is 0 Å². The maximum atomic E-state index is 9.16. The molecule has 1 fully saturated rings. The molecule has 0 amide bonds. The summed E-state index contributed by atoms with van der Waals surface area (Å²) in [5.74, 6) is 0.734. The van der Waals surface area contributed by atoms with Crippen molar-refractivity contribution >= 4 is 17.4 Å². The minimum atomic E-state index is 0.153. The fourth-order valence-corrected chi connectivity index (χ4v) is 2.04. The summed E-state index contributed by atoms with van der Waals surface area (Å²) in [5.41, 5.74) is 0. The number of hydrogen-bond acceptors (Lipinski definition) is 4. The minimum Gasteiger partial charge on any atom is -0.394 e. The van der Waals surface area contributed by atoms with E-state index in [0.717, 1.165) is 25.2 Å². The third-order valence-electron chi connectivity index (χ3n) is 2.51. The van der Waals surface area contributed by atoms with Crippen molar-refractivity contribution in [1.82, 2.24) is 9.97 Å². The molecular formula is C9H12ClN3O. The van der Waals surface area contributed by atoms with E-state index in [9.17, 15) is 0 Å². The van der Waals surface area contributed by atoms with Crippen molar-refractivity contribution in [3.05, 3.63) is 17.5 Å². The first kappa shape index (κ1) is 9.68. The van der Waals surface area contributed by atoms with Gasteiger partial charge in [-0.1, -0.05) is 11.6 Å². The number of aromatic nitrogens is 2. The lowest BCUT2D eigenvalue weighted by molar-refractivity contribution is 0.266. The van der Waals surface area contributed by atoms with Crippen molar-refractivity contribution in [2.24, 2.45) is 0 Å². The van der Waals surface area contributed by atoms with Crippen molar-refractivity contribution < 1.29 is 5.11 Å². The highest BCUT2D eigenvalue weighted by Gasteiger charge is 2.26. The number of rotatable bonds is 2. The lowest BCUT2D eigenvalue weighted by Gasteiger charge is -2.24. The van der Waals surface area contributed by atoms with E-state index < -0.39 is 0 Å². The molecule has 0 radical (unpaired) electrons. The van der Waals surface area contributed by atoms with Gasteiger partial charge in [-0.25, -0.2) is 9.97 Å². The zero-order valence-corrected chi connectivity index (χ0v) is 8.48. The maximum absolute atomic E-state index is 9.16. The quantitative estimate of drug-likeness (QED) is 0.799. The van der Waals surface area contributed by atoms with Crippen LogP contribution in [0.15, 0.2) is 12.5 Å². The van der Waals surface area contributed by atoms with E-state index >= 15 is 0 Å². The third kappa shape index (κ3) is 1.67. The molecule has 1 unspecified atom stereocenters. The molecule has 1 saturated heterocycles. The molecule has 1 aliphatic rings. The molecular weight excluding hydrogens is 202 g/mol. The molecule has 0 aromatic carbocycles. The Hall–Kier alpha value is -0.870. The molecule has 1 N–H and O–H groups in total. The van der Waals surface area contributed by atoms with Gasteiger partial charge in [0.05, 0.1) is 18.8 Å². The lowest BCUT2D eigenvalue weighted by atomic mass is 10.2. The van der Waals surface area contributed by atoms with Crippen LogP contribution in [-0.4, -0.2) is 34.3 Å². The van der Waals surface area contributed by atoms with Crippen molar-refractivity contribution in [3.63, 3.8) is 0 Å². The molecule has 1 aromatic heterocycles. The molecule has 1 aliphatic heterocycles. The summed E-state index contributed by atoms with van der Waals surface area (Å²) < 4.78 is 0. The van der Waals surface area contributed by atoms with Crippen LogP contribution in [0, 0.1) is 0 Å². The molecule has 14 heavy (non-hydrogen) atoms. The first-order valence-corrected chi connectivity index (χ1v) is 5.03. The summed E-state index contributed by atoms with van der Waals surface area (Å²) in [5, 5.41) is 9.71. The predicted octanol–water partition coefficient (Wildman–Crippen LogP) is 1.09. The van der Waals surface area contributed by atoms with Crippen LogP contribution in [0.5, 0.6) is 0 Å². The molecule has 2 rings (SSSR count). The van der Waals surface area contributed by atoms with Gasteiger partial charge in [-0.2, -0.15) is 0 Å². The van der Waals surface area contributed by atoms with Crippen LogP contribution in [0.4, 0.5) is 5.82 Å². The van der Waals surface area contributed by atoms with Gasteiger partial charge in [0.1, 0.15) is 11.3 Å². The van der Waals surface area contributed by atoms with Gasteiger partial charge in [-0.05, 0) is 12.8 Å². The highest BCUT2D eigenvalue weighted by Crippen LogP contribution is 2.28. The smallest absolute Gasteiger partial charge is 0.151 e. The van der Waals surface area contributed by atoms with Crippen LogP contribution in [0.25, 0.3) is 0 Å². The van der Waals surface area contributed by atoms with Gasteiger partial charge in [-0.3, -0.25) is 0 Å². The Balaban J connectivity index is 2.26. The maximum Gasteiger partial charge on any atom is 0.151 e. The molecule has 0 bridgehead atoms. The number of hydrogen-bond donors (Lipinski definition) is 1. The van der Waals surface area contributed by atoms with Crippen molar-refractivity contribution in [1.29, 1.82) is 0 Å². The zero-order chi connectivity index (χ0) is 9.97. The SMILES string of the molecule is OCC1CCCN1c1ncncc1Cl. The summed E-state index contributed by atoms with van der Waals surface area (Å²) in [6.07, 6.45) is 5.13. The molecule has 5 heteroatoms. The van der Waals surface area contributed by atoms with Crippen LogP contribution >= 0.6 is 11.6 Å². The molecule has 4 nitrogen and oxygen atoms in total.